The number of sulfonamides is 1. The summed E-state index contributed by atoms with van der Waals surface area (Å²) >= 11 is 0. The van der Waals surface area contributed by atoms with Crippen molar-refractivity contribution in [2.24, 2.45) is 0 Å². The molecule has 7 heteroatoms. The van der Waals surface area contributed by atoms with Crippen molar-refractivity contribution in [3.05, 3.63) is 59.9 Å². The van der Waals surface area contributed by atoms with Gasteiger partial charge in [0.1, 0.15) is 16.5 Å². The molecule has 4 nitrogen and oxygen atoms in total. The van der Waals surface area contributed by atoms with Gasteiger partial charge in [-0.3, -0.25) is 4.98 Å². The van der Waals surface area contributed by atoms with Gasteiger partial charge in [0.15, 0.2) is 0 Å². The lowest BCUT2D eigenvalue weighted by atomic mass is 10.3. The molecule has 0 atom stereocenters. The zero-order valence-corrected chi connectivity index (χ0v) is 10.5. The molecule has 1 N–H and O–H groups in total. The molecule has 19 heavy (non-hydrogen) atoms. The number of nitrogens with zero attached hydrogens (tertiary/aromatic N) is 1. The number of pyridine rings is 1. The van der Waals surface area contributed by atoms with Gasteiger partial charge in [0.2, 0.25) is 10.0 Å². The molecule has 0 fully saturated rings. The van der Waals surface area contributed by atoms with Gasteiger partial charge >= 0.3 is 0 Å². The number of nitrogens with one attached hydrogen (secondary N) is 1. The van der Waals surface area contributed by atoms with Gasteiger partial charge in [-0.2, -0.15) is 0 Å². The molecule has 0 aliphatic heterocycles. The van der Waals surface area contributed by atoms with Crippen LogP contribution in [0.25, 0.3) is 0 Å². The zero-order valence-electron chi connectivity index (χ0n) is 9.68. The summed E-state index contributed by atoms with van der Waals surface area (Å²) in [6, 6.07) is 5.57. The Morgan fingerprint density at radius 2 is 1.79 bits per heavy atom. The Labute approximate surface area is 109 Å². The quantitative estimate of drug-likeness (QED) is 0.932. The lowest BCUT2D eigenvalue weighted by molar-refractivity contribution is 0.543. The minimum atomic E-state index is -4.02. The molecule has 0 bridgehead atoms. The van der Waals surface area contributed by atoms with Gasteiger partial charge in [0.25, 0.3) is 0 Å². The number of hydrogen-bond donors (Lipinski definition) is 1. The predicted molar refractivity (Wildman–Crippen MR) is 64.6 cm³/mol. The van der Waals surface area contributed by atoms with E-state index in [9.17, 15) is 17.2 Å². The number of halogens is 2. The van der Waals surface area contributed by atoms with Crippen LogP contribution in [0.2, 0.25) is 0 Å². The Morgan fingerprint density at radius 3 is 2.42 bits per heavy atom. The third kappa shape index (κ3) is 3.33. The highest BCUT2D eigenvalue weighted by Crippen LogP contribution is 2.15. The van der Waals surface area contributed by atoms with Crippen LogP contribution in [0.1, 0.15) is 5.56 Å². The molecule has 0 saturated carbocycles. The van der Waals surface area contributed by atoms with E-state index in [-0.39, 0.29) is 6.54 Å². The summed E-state index contributed by atoms with van der Waals surface area (Å²) in [5, 5.41) is 0. The van der Waals surface area contributed by atoms with E-state index in [0.29, 0.717) is 11.6 Å². The van der Waals surface area contributed by atoms with Crippen molar-refractivity contribution >= 4 is 10.0 Å². The first kappa shape index (κ1) is 13.6. The van der Waals surface area contributed by atoms with Gasteiger partial charge in [0, 0.05) is 25.0 Å². The smallest absolute Gasteiger partial charge is 0.243 e. The summed E-state index contributed by atoms with van der Waals surface area (Å²) in [6.07, 6.45) is 3.03. The predicted octanol–water partition coefficient (Wildman–Crippen LogP) is 1.84. The van der Waals surface area contributed by atoms with Crippen molar-refractivity contribution in [1.29, 1.82) is 0 Å². The highest BCUT2D eigenvalue weighted by Gasteiger charge is 2.19. The Morgan fingerprint density at radius 1 is 1.11 bits per heavy atom. The molecule has 2 rings (SSSR count). The molecular formula is C12H10F2N2O2S. The van der Waals surface area contributed by atoms with E-state index >= 15 is 0 Å². The van der Waals surface area contributed by atoms with Crippen LogP contribution >= 0.6 is 0 Å². The second-order valence-corrected chi connectivity index (χ2v) is 5.49. The minimum Gasteiger partial charge on any atom is -0.265 e. The van der Waals surface area contributed by atoms with Crippen LogP contribution in [0, 0.1) is 11.6 Å². The fourth-order valence-electron chi connectivity index (χ4n) is 1.45. The second kappa shape index (κ2) is 5.41. The standard InChI is InChI=1S/C12H10F2N2O2S/c13-10-1-2-12(11(14)7-10)19(17,18)16-8-9-3-5-15-6-4-9/h1-7,16H,8H2. The molecule has 0 saturated heterocycles. The Balaban J connectivity index is 2.19. The van der Waals surface area contributed by atoms with Crippen molar-refractivity contribution in [2.45, 2.75) is 11.4 Å². The molecule has 2 aromatic rings. The average molecular weight is 284 g/mol. The first-order valence-electron chi connectivity index (χ1n) is 5.33. The topological polar surface area (TPSA) is 59.1 Å². The maximum atomic E-state index is 13.4. The third-order valence-corrected chi connectivity index (χ3v) is 3.83. The van der Waals surface area contributed by atoms with Crippen LogP contribution < -0.4 is 4.72 Å². The highest BCUT2D eigenvalue weighted by molar-refractivity contribution is 7.89. The molecule has 0 unspecified atom stereocenters. The summed E-state index contributed by atoms with van der Waals surface area (Å²) in [7, 11) is -4.02. The van der Waals surface area contributed by atoms with Gasteiger partial charge in [-0.15, -0.1) is 0 Å². The van der Waals surface area contributed by atoms with Crippen molar-refractivity contribution in [3.8, 4) is 0 Å². The first-order valence-corrected chi connectivity index (χ1v) is 6.81. The zero-order chi connectivity index (χ0) is 13.9. The average Bonchev–Trinajstić information content (AvgIpc) is 2.37. The number of rotatable bonds is 4. The molecule has 0 aliphatic rings. The summed E-state index contributed by atoms with van der Waals surface area (Å²) in [4.78, 5) is 3.21. The van der Waals surface area contributed by atoms with E-state index in [4.69, 9.17) is 0 Å². The summed E-state index contributed by atoms with van der Waals surface area (Å²) < 4.78 is 52.1. The fourth-order valence-corrected chi connectivity index (χ4v) is 2.52. The summed E-state index contributed by atoms with van der Waals surface area (Å²) in [5.41, 5.74) is 0.682. The monoisotopic (exact) mass is 284 g/mol. The summed E-state index contributed by atoms with van der Waals surface area (Å²) in [6.45, 7) is 0.00166. The summed E-state index contributed by atoms with van der Waals surface area (Å²) in [5.74, 6) is -1.95. The van der Waals surface area contributed by atoms with Crippen molar-refractivity contribution < 1.29 is 17.2 Å². The molecule has 0 radical (unpaired) electrons. The van der Waals surface area contributed by atoms with Gasteiger partial charge in [-0.1, -0.05) is 0 Å². The third-order valence-electron chi connectivity index (χ3n) is 2.40. The molecule has 100 valence electrons. The van der Waals surface area contributed by atoms with E-state index in [0.717, 1.165) is 12.1 Å². The minimum absolute atomic E-state index is 0.00166. The maximum Gasteiger partial charge on any atom is 0.243 e. The van der Waals surface area contributed by atoms with Gasteiger partial charge in [-0.25, -0.2) is 21.9 Å². The lowest BCUT2D eigenvalue weighted by Crippen LogP contribution is -2.24. The van der Waals surface area contributed by atoms with Crippen molar-refractivity contribution in [1.82, 2.24) is 9.71 Å². The normalized spacial score (nSPS) is 11.5. The highest BCUT2D eigenvalue weighted by atomic mass is 32.2. The van der Waals surface area contributed by atoms with E-state index in [1.807, 2.05) is 0 Å². The first-order chi connectivity index (χ1) is 8.99. The Kier molecular flexibility index (Phi) is 3.87. The van der Waals surface area contributed by atoms with E-state index in [1.54, 1.807) is 12.1 Å². The second-order valence-electron chi connectivity index (χ2n) is 3.75. The Bertz CT molecular complexity index is 675. The van der Waals surface area contributed by atoms with E-state index < -0.39 is 26.6 Å². The molecule has 1 aromatic carbocycles. The van der Waals surface area contributed by atoms with Gasteiger partial charge in [0.05, 0.1) is 0 Å². The number of benzene rings is 1. The number of aromatic nitrogens is 1. The van der Waals surface area contributed by atoms with Crippen molar-refractivity contribution in [2.75, 3.05) is 0 Å². The van der Waals surface area contributed by atoms with Crippen LogP contribution in [0.15, 0.2) is 47.6 Å². The van der Waals surface area contributed by atoms with Crippen LogP contribution in [-0.2, 0) is 16.6 Å². The molecule has 0 amide bonds. The van der Waals surface area contributed by atoms with Crippen LogP contribution in [0.3, 0.4) is 0 Å². The largest absolute Gasteiger partial charge is 0.265 e. The van der Waals surface area contributed by atoms with Crippen LogP contribution in [0.4, 0.5) is 8.78 Å². The molecule has 1 aromatic heterocycles. The Hall–Kier alpha value is -1.86. The lowest BCUT2D eigenvalue weighted by Gasteiger charge is -2.07. The fraction of sp³-hybridized carbons (Fsp3) is 0.0833. The van der Waals surface area contributed by atoms with E-state index in [1.165, 1.54) is 12.4 Å². The van der Waals surface area contributed by atoms with Gasteiger partial charge in [-0.05, 0) is 29.8 Å². The number of hydrogen-bond acceptors (Lipinski definition) is 3. The molecular weight excluding hydrogens is 274 g/mol. The van der Waals surface area contributed by atoms with Crippen LogP contribution in [-0.4, -0.2) is 13.4 Å². The molecule has 0 spiro atoms. The SMILES string of the molecule is O=S(=O)(NCc1ccncc1)c1ccc(F)cc1F. The maximum absolute atomic E-state index is 13.4. The van der Waals surface area contributed by atoms with Crippen LogP contribution in [0.5, 0.6) is 0 Å². The van der Waals surface area contributed by atoms with E-state index in [2.05, 4.69) is 9.71 Å². The van der Waals surface area contributed by atoms with Crippen molar-refractivity contribution in [3.63, 3.8) is 0 Å². The molecule has 1 heterocycles. The molecule has 0 aliphatic carbocycles. The van der Waals surface area contributed by atoms with Gasteiger partial charge < -0.3 is 0 Å².